The second-order valence-corrected chi connectivity index (χ2v) is 3.68. The van der Waals surface area contributed by atoms with Crippen molar-refractivity contribution in [2.24, 2.45) is 22.8 Å². The fourth-order valence-electron chi connectivity index (χ4n) is 2.49. The van der Waals surface area contributed by atoms with E-state index in [4.69, 9.17) is 11.5 Å². The van der Waals surface area contributed by atoms with E-state index < -0.39 is 0 Å². The predicted molar refractivity (Wildman–Crippen MR) is 36.8 cm³/mol. The quantitative estimate of drug-likeness (QED) is 0.522. The highest BCUT2D eigenvalue weighted by molar-refractivity contribution is 5.09. The Morgan fingerprint density at radius 1 is 1.44 bits per heavy atom. The predicted octanol–water partition coefficient (Wildman–Crippen LogP) is 0.0725. The van der Waals surface area contributed by atoms with Crippen molar-refractivity contribution in [1.82, 2.24) is 0 Å². The summed E-state index contributed by atoms with van der Waals surface area (Å²) in [6, 6.07) is 0.424. The Labute approximate surface area is 55.6 Å². The van der Waals surface area contributed by atoms with Gasteiger partial charge in [-0.1, -0.05) is 0 Å². The second kappa shape index (κ2) is 1.50. The molecule has 0 saturated heterocycles. The Kier molecular flexibility index (Phi) is 0.945. The van der Waals surface area contributed by atoms with Crippen molar-refractivity contribution in [3.05, 3.63) is 0 Å². The van der Waals surface area contributed by atoms with Gasteiger partial charge in [-0.25, -0.2) is 0 Å². The number of hydrogen-bond acceptors (Lipinski definition) is 2. The zero-order valence-corrected chi connectivity index (χ0v) is 5.64. The van der Waals surface area contributed by atoms with E-state index in [2.05, 4.69) is 0 Å². The molecule has 0 radical (unpaired) electrons. The standard InChI is InChI=1S/C7H14N2/c8-4-7-2-5(3-7)1-6(7)9/h5-6H,1-4,8-9H2. The van der Waals surface area contributed by atoms with Gasteiger partial charge in [-0.2, -0.15) is 0 Å². The third kappa shape index (κ3) is 0.528. The lowest BCUT2D eigenvalue weighted by atomic mass is 9.69. The molecule has 52 valence electrons. The summed E-state index contributed by atoms with van der Waals surface area (Å²) in [5.74, 6) is 0.934. The first-order valence-corrected chi connectivity index (χ1v) is 3.72. The summed E-state index contributed by atoms with van der Waals surface area (Å²) in [5, 5.41) is 0. The lowest BCUT2D eigenvalue weighted by Crippen LogP contribution is -2.45. The van der Waals surface area contributed by atoms with E-state index in [1.165, 1.54) is 19.3 Å². The summed E-state index contributed by atoms with van der Waals surface area (Å²) < 4.78 is 0. The molecule has 3 rings (SSSR count). The molecule has 0 aliphatic heterocycles. The zero-order valence-electron chi connectivity index (χ0n) is 5.64. The van der Waals surface area contributed by atoms with E-state index in [0.29, 0.717) is 11.5 Å². The molecular formula is C7H14N2. The Morgan fingerprint density at radius 3 is 2.33 bits per heavy atom. The van der Waals surface area contributed by atoms with Crippen LogP contribution >= 0.6 is 0 Å². The minimum absolute atomic E-state index is 0.394. The molecule has 0 spiro atoms. The lowest BCUT2D eigenvalue weighted by Gasteiger charge is -2.39. The summed E-state index contributed by atoms with van der Waals surface area (Å²) in [6.45, 7) is 0.810. The normalized spacial score (nSPS) is 55.3. The monoisotopic (exact) mass is 126 g/mol. The van der Waals surface area contributed by atoms with Gasteiger partial charge in [0.15, 0.2) is 0 Å². The zero-order chi connectivity index (χ0) is 6.48. The summed E-state index contributed by atoms with van der Waals surface area (Å²) in [4.78, 5) is 0. The third-order valence-corrected chi connectivity index (χ3v) is 3.17. The van der Waals surface area contributed by atoms with Crippen molar-refractivity contribution in [3.8, 4) is 0 Å². The third-order valence-electron chi connectivity index (χ3n) is 3.17. The maximum Gasteiger partial charge on any atom is 0.0110 e. The van der Waals surface area contributed by atoms with Crippen molar-refractivity contribution in [2.45, 2.75) is 25.3 Å². The fourth-order valence-corrected chi connectivity index (χ4v) is 2.49. The van der Waals surface area contributed by atoms with E-state index >= 15 is 0 Å². The molecule has 2 heteroatoms. The number of nitrogens with two attached hydrogens (primary N) is 2. The van der Waals surface area contributed by atoms with Crippen LogP contribution in [0.2, 0.25) is 0 Å². The van der Waals surface area contributed by atoms with Gasteiger partial charge in [-0.3, -0.25) is 0 Å². The van der Waals surface area contributed by atoms with Gasteiger partial charge in [0.25, 0.3) is 0 Å². The molecule has 2 nitrogen and oxygen atoms in total. The average Bonchev–Trinajstić information content (AvgIpc) is 2.17. The first-order chi connectivity index (χ1) is 4.27. The number of rotatable bonds is 1. The van der Waals surface area contributed by atoms with Crippen LogP contribution in [0, 0.1) is 11.3 Å². The van der Waals surface area contributed by atoms with E-state index in [0.717, 1.165) is 12.5 Å². The van der Waals surface area contributed by atoms with Gasteiger partial charge in [0.2, 0.25) is 0 Å². The molecule has 2 bridgehead atoms. The highest BCUT2D eigenvalue weighted by Gasteiger charge is 2.54. The molecule has 9 heavy (non-hydrogen) atoms. The van der Waals surface area contributed by atoms with E-state index in [1.54, 1.807) is 0 Å². The molecule has 3 fully saturated rings. The van der Waals surface area contributed by atoms with Crippen LogP contribution in [0.25, 0.3) is 0 Å². The molecule has 0 aromatic rings. The van der Waals surface area contributed by atoms with Crippen LogP contribution in [0.3, 0.4) is 0 Å². The van der Waals surface area contributed by atoms with Crippen molar-refractivity contribution in [1.29, 1.82) is 0 Å². The molecule has 0 heterocycles. The molecular weight excluding hydrogens is 112 g/mol. The summed E-state index contributed by atoms with van der Waals surface area (Å²) in [7, 11) is 0. The van der Waals surface area contributed by atoms with Gasteiger partial charge in [0.1, 0.15) is 0 Å². The summed E-state index contributed by atoms with van der Waals surface area (Å²) in [6.07, 6.45) is 3.85. The van der Waals surface area contributed by atoms with Crippen LogP contribution in [0.1, 0.15) is 19.3 Å². The van der Waals surface area contributed by atoms with Gasteiger partial charge >= 0.3 is 0 Å². The van der Waals surface area contributed by atoms with Crippen LogP contribution in [0.4, 0.5) is 0 Å². The SMILES string of the molecule is NCC12CC(CC1N)C2. The molecule has 1 atom stereocenters. The van der Waals surface area contributed by atoms with Crippen molar-refractivity contribution < 1.29 is 0 Å². The van der Waals surface area contributed by atoms with E-state index in [9.17, 15) is 0 Å². The van der Waals surface area contributed by atoms with Gasteiger partial charge in [0, 0.05) is 6.04 Å². The van der Waals surface area contributed by atoms with Crippen LogP contribution in [-0.2, 0) is 0 Å². The molecule has 0 aromatic carbocycles. The Bertz CT molecular complexity index is 127. The highest BCUT2D eigenvalue weighted by atomic mass is 14.8. The number of fused-ring (bicyclic) bond motifs is 1. The summed E-state index contributed by atoms with van der Waals surface area (Å²) in [5.41, 5.74) is 11.9. The molecule has 0 amide bonds. The molecule has 3 aliphatic rings. The molecule has 3 saturated carbocycles. The maximum atomic E-state index is 5.89. The van der Waals surface area contributed by atoms with Crippen LogP contribution in [-0.4, -0.2) is 12.6 Å². The Hall–Kier alpha value is -0.0800. The fraction of sp³-hybridized carbons (Fsp3) is 1.00. The smallest absolute Gasteiger partial charge is 0.0110 e. The Balaban J connectivity index is 2.15. The van der Waals surface area contributed by atoms with Gasteiger partial charge in [-0.15, -0.1) is 0 Å². The van der Waals surface area contributed by atoms with E-state index in [-0.39, 0.29) is 0 Å². The first kappa shape index (κ1) is 5.69. The van der Waals surface area contributed by atoms with Gasteiger partial charge in [0.05, 0.1) is 0 Å². The number of hydrogen-bond donors (Lipinski definition) is 2. The van der Waals surface area contributed by atoms with Crippen LogP contribution in [0.15, 0.2) is 0 Å². The lowest BCUT2D eigenvalue weighted by molar-refractivity contribution is 0.142. The van der Waals surface area contributed by atoms with Crippen LogP contribution < -0.4 is 11.5 Å². The summed E-state index contributed by atoms with van der Waals surface area (Å²) >= 11 is 0. The van der Waals surface area contributed by atoms with Crippen molar-refractivity contribution in [3.63, 3.8) is 0 Å². The molecule has 3 aliphatic carbocycles. The second-order valence-electron chi connectivity index (χ2n) is 3.68. The molecule has 0 aromatic heterocycles. The maximum absolute atomic E-state index is 5.89. The minimum Gasteiger partial charge on any atom is -0.330 e. The van der Waals surface area contributed by atoms with E-state index in [1.807, 2.05) is 0 Å². The van der Waals surface area contributed by atoms with Gasteiger partial charge in [-0.05, 0) is 37.1 Å². The highest BCUT2D eigenvalue weighted by Crippen LogP contribution is 2.57. The molecule has 1 unspecified atom stereocenters. The average molecular weight is 126 g/mol. The van der Waals surface area contributed by atoms with Crippen molar-refractivity contribution in [2.75, 3.05) is 6.54 Å². The largest absolute Gasteiger partial charge is 0.330 e. The van der Waals surface area contributed by atoms with Crippen molar-refractivity contribution >= 4 is 0 Å². The Morgan fingerprint density at radius 2 is 2.11 bits per heavy atom. The molecule has 4 N–H and O–H groups in total. The first-order valence-electron chi connectivity index (χ1n) is 3.72. The van der Waals surface area contributed by atoms with Crippen LogP contribution in [0.5, 0.6) is 0 Å². The van der Waals surface area contributed by atoms with Gasteiger partial charge < -0.3 is 11.5 Å². The minimum atomic E-state index is 0.394. The topological polar surface area (TPSA) is 52.0 Å².